The zero-order valence-electron chi connectivity index (χ0n) is 11.3. The third-order valence-corrected chi connectivity index (χ3v) is 3.72. The van der Waals surface area contributed by atoms with Gasteiger partial charge >= 0.3 is 0 Å². The standard InChI is InChI=1S/C16H11FN4/c1-9-2-5-13-12(7-20-21-13)14(9)11-4-3-10-6-18-8-19-16(10)15(11)17/h2-8H,1H3,(H,20,21). The molecule has 5 heteroatoms. The zero-order chi connectivity index (χ0) is 14.4. The predicted octanol–water partition coefficient (Wildman–Crippen LogP) is 3.62. The molecule has 21 heavy (non-hydrogen) atoms. The lowest BCUT2D eigenvalue weighted by molar-refractivity contribution is 0.640. The van der Waals surface area contributed by atoms with Crippen molar-refractivity contribution >= 4 is 21.8 Å². The van der Waals surface area contributed by atoms with Crippen LogP contribution in [-0.4, -0.2) is 20.2 Å². The lowest BCUT2D eigenvalue weighted by Crippen LogP contribution is -1.93. The fraction of sp³-hybridized carbons (Fsp3) is 0.0625. The molecule has 2 aromatic carbocycles. The van der Waals surface area contributed by atoms with Crippen molar-refractivity contribution in [1.29, 1.82) is 0 Å². The summed E-state index contributed by atoms with van der Waals surface area (Å²) >= 11 is 0. The number of nitrogens with one attached hydrogen (secondary N) is 1. The summed E-state index contributed by atoms with van der Waals surface area (Å²) in [5, 5.41) is 8.56. The Kier molecular flexibility index (Phi) is 2.47. The smallest absolute Gasteiger partial charge is 0.157 e. The highest BCUT2D eigenvalue weighted by Crippen LogP contribution is 2.34. The Morgan fingerprint density at radius 2 is 2.00 bits per heavy atom. The summed E-state index contributed by atoms with van der Waals surface area (Å²) in [4.78, 5) is 7.98. The molecule has 0 amide bonds. The average molecular weight is 278 g/mol. The fourth-order valence-corrected chi connectivity index (χ4v) is 2.70. The van der Waals surface area contributed by atoms with Crippen LogP contribution in [0.4, 0.5) is 4.39 Å². The Balaban J connectivity index is 2.11. The maximum atomic E-state index is 14.8. The first-order chi connectivity index (χ1) is 10.3. The van der Waals surface area contributed by atoms with Gasteiger partial charge in [-0.2, -0.15) is 5.10 Å². The van der Waals surface area contributed by atoms with Gasteiger partial charge in [0, 0.05) is 22.5 Å². The Hall–Kier alpha value is -2.82. The molecule has 0 radical (unpaired) electrons. The van der Waals surface area contributed by atoms with E-state index in [0.29, 0.717) is 16.5 Å². The van der Waals surface area contributed by atoms with Crippen molar-refractivity contribution in [2.24, 2.45) is 0 Å². The predicted molar refractivity (Wildman–Crippen MR) is 79.3 cm³/mol. The molecule has 4 nitrogen and oxygen atoms in total. The highest BCUT2D eigenvalue weighted by Gasteiger charge is 2.15. The summed E-state index contributed by atoms with van der Waals surface area (Å²) in [7, 11) is 0. The quantitative estimate of drug-likeness (QED) is 0.578. The lowest BCUT2D eigenvalue weighted by Gasteiger charge is -2.10. The van der Waals surface area contributed by atoms with Gasteiger partial charge in [-0.3, -0.25) is 5.10 Å². The SMILES string of the molecule is Cc1ccc2[nH]ncc2c1-c1ccc2cncnc2c1F. The van der Waals surface area contributed by atoms with Gasteiger partial charge in [-0.05, 0) is 24.1 Å². The molecule has 102 valence electrons. The Morgan fingerprint density at radius 1 is 1.10 bits per heavy atom. The van der Waals surface area contributed by atoms with Crippen molar-refractivity contribution in [3.63, 3.8) is 0 Å². The molecule has 4 aromatic rings. The number of nitrogens with zero attached hydrogens (tertiary/aromatic N) is 3. The highest BCUT2D eigenvalue weighted by atomic mass is 19.1. The van der Waals surface area contributed by atoms with Crippen LogP contribution >= 0.6 is 0 Å². The van der Waals surface area contributed by atoms with Gasteiger partial charge in [0.1, 0.15) is 11.8 Å². The van der Waals surface area contributed by atoms with E-state index in [9.17, 15) is 4.39 Å². The van der Waals surface area contributed by atoms with Gasteiger partial charge in [0.05, 0.1) is 11.7 Å². The Labute approximate surface area is 119 Å². The third kappa shape index (κ3) is 1.71. The Morgan fingerprint density at radius 3 is 2.90 bits per heavy atom. The molecular formula is C16H11FN4. The molecule has 0 saturated carbocycles. The second-order valence-electron chi connectivity index (χ2n) is 4.98. The monoisotopic (exact) mass is 278 g/mol. The minimum Gasteiger partial charge on any atom is -0.278 e. The molecular weight excluding hydrogens is 267 g/mol. The van der Waals surface area contributed by atoms with Crippen LogP contribution in [0, 0.1) is 12.7 Å². The summed E-state index contributed by atoms with van der Waals surface area (Å²) in [6.45, 7) is 1.96. The van der Waals surface area contributed by atoms with E-state index in [1.54, 1.807) is 18.5 Å². The van der Waals surface area contributed by atoms with Crippen LogP contribution in [0.2, 0.25) is 0 Å². The lowest BCUT2D eigenvalue weighted by atomic mass is 9.95. The number of H-pyrrole nitrogens is 1. The van der Waals surface area contributed by atoms with E-state index in [4.69, 9.17) is 0 Å². The van der Waals surface area contributed by atoms with E-state index in [2.05, 4.69) is 20.2 Å². The summed E-state index contributed by atoms with van der Waals surface area (Å²) in [5.74, 6) is -0.327. The van der Waals surface area contributed by atoms with Gasteiger partial charge in [0.2, 0.25) is 0 Å². The van der Waals surface area contributed by atoms with E-state index in [0.717, 1.165) is 22.0 Å². The first-order valence-electron chi connectivity index (χ1n) is 6.57. The van der Waals surface area contributed by atoms with E-state index in [1.165, 1.54) is 6.33 Å². The van der Waals surface area contributed by atoms with Crippen LogP contribution in [0.3, 0.4) is 0 Å². The van der Waals surface area contributed by atoms with Crippen molar-refractivity contribution in [2.45, 2.75) is 6.92 Å². The number of halogens is 1. The molecule has 0 saturated heterocycles. The molecule has 2 aromatic heterocycles. The molecule has 0 spiro atoms. The largest absolute Gasteiger partial charge is 0.278 e. The minimum atomic E-state index is -0.327. The van der Waals surface area contributed by atoms with Gasteiger partial charge in [-0.15, -0.1) is 0 Å². The van der Waals surface area contributed by atoms with Crippen molar-refractivity contribution in [3.05, 3.63) is 54.4 Å². The third-order valence-electron chi connectivity index (χ3n) is 3.72. The number of aromatic nitrogens is 4. The minimum absolute atomic E-state index is 0.327. The molecule has 0 unspecified atom stereocenters. The number of benzene rings is 2. The summed E-state index contributed by atoms with van der Waals surface area (Å²) in [5.41, 5.74) is 3.60. The van der Waals surface area contributed by atoms with Crippen LogP contribution in [0.1, 0.15) is 5.56 Å². The van der Waals surface area contributed by atoms with E-state index < -0.39 is 0 Å². The van der Waals surface area contributed by atoms with Crippen LogP contribution in [0.15, 0.2) is 43.0 Å². The second-order valence-corrected chi connectivity index (χ2v) is 4.98. The summed E-state index contributed by atoms with van der Waals surface area (Å²) in [6, 6.07) is 7.52. The number of rotatable bonds is 1. The topological polar surface area (TPSA) is 54.5 Å². The summed E-state index contributed by atoms with van der Waals surface area (Å²) in [6.07, 6.45) is 4.70. The zero-order valence-corrected chi connectivity index (χ0v) is 11.3. The van der Waals surface area contributed by atoms with E-state index in [-0.39, 0.29) is 5.82 Å². The van der Waals surface area contributed by atoms with Crippen molar-refractivity contribution < 1.29 is 4.39 Å². The summed E-state index contributed by atoms with van der Waals surface area (Å²) < 4.78 is 14.8. The average Bonchev–Trinajstić information content (AvgIpc) is 2.97. The molecule has 0 bridgehead atoms. The number of hydrogen-bond donors (Lipinski definition) is 1. The highest BCUT2D eigenvalue weighted by molar-refractivity contribution is 5.98. The maximum absolute atomic E-state index is 14.8. The van der Waals surface area contributed by atoms with Gasteiger partial charge < -0.3 is 0 Å². The fourth-order valence-electron chi connectivity index (χ4n) is 2.70. The van der Waals surface area contributed by atoms with Gasteiger partial charge in [0.25, 0.3) is 0 Å². The van der Waals surface area contributed by atoms with Gasteiger partial charge in [-0.1, -0.05) is 18.2 Å². The van der Waals surface area contributed by atoms with Gasteiger partial charge in [0.15, 0.2) is 5.82 Å². The normalized spacial score (nSPS) is 11.3. The van der Waals surface area contributed by atoms with Gasteiger partial charge in [-0.25, -0.2) is 14.4 Å². The van der Waals surface area contributed by atoms with Crippen molar-refractivity contribution in [1.82, 2.24) is 20.2 Å². The second kappa shape index (κ2) is 4.34. The number of hydrogen-bond acceptors (Lipinski definition) is 3. The molecule has 0 aliphatic rings. The number of aromatic amines is 1. The van der Waals surface area contributed by atoms with E-state index >= 15 is 0 Å². The molecule has 1 N–H and O–H groups in total. The Bertz CT molecular complexity index is 975. The molecule has 0 aliphatic heterocycles. The maximum Gasteiger partial charge on any atom is 0.157 e. The molecule has 0 aliphatic carbocycles. The first kappa shape index (κ1) is 12.0. The molecule has 0 atom stereocenters. The van der Waals surface area contributed by atoms with E-state index in [1.807, 2.05) is 25.1 Å². The first-order valence-corrected chi connectivity index (χ1v) is 6.57. The van der Waals surface area contributed by atoms with Crippen molar-refractivity contribution in [2.75, 3.05) is 0 Å². The van der Waals surface area contributed by atoms with Crippen LogP contribution in [-0.2, 0) is 0 Å². The van der Waals surface area contributed by atoms with Crippen LogP contribution in [0.25, 0.3) is 32.9 Å². The molecule has 0 fully saturated rings. The van der Waals surface area contributed by atoms with Crippen molar-refractivity contribution in [3.8, 4) is 11.1 Å². The number of fused-ring (bicyclic) bond motifs is 2. The molecule has 4 rings (SSSR count). The van der Waals surface area contributed by atoms with Crippen LogP contribution in [0.5, 0.6) is 0 Å². The molecule has 2 heterocycles. The number of aryl methyl sites for hydroxylation is 1. The van der Waals surface area contributed by atoms with Crippen LogP contribution < -0.4 is 0 Å².